The highest BCUT2D eigenvalue weighted by Crippen LogP contribution is 2.15. The SMILES string of the molecule is CC/C=C\C/C=C\C/C=C\C/C=C\C/C=C\C/C=C\CCC(=O)OCC(COC(=O)CCCCCCCCCCCC/C=C\C/C=C\C/C=C\CCCCCCC)OC(=O)CCCCCCCCCC/C=C\C/C=C\C/C=C\C/C=C\CC. The Balaban J connectivity index is 4.50. The molecule has 468 valence electrons. The number of allylic oxidation sites excluding steroid dienone is 26. The minimum atomic E-state index is -0.825. The van der Waals surface area contributed by atoms with E-state index in [0.29, 0.717) is 19.3 Å². The van der Waals surface area contributed by atoms with Gasteiger partial charge in [-0.15, -0.1) is 0 Å². The first-order chi connectivity index (χ1) is 41.0. The standard InChI is InChI=1S/C77H124O6/c1-4-7-10-13-16-19-22-25-28-31-34-36-37-38-39-41-43-46-49-52-55-58-61-64-67-70-76(79)82-73-74(72-81-75(78)69-66-63-60-57-54-51-48-45-42-33-30-27-24-21-18-15-12-9-6-3)83-77(80)71-68-65-62-59-56-53-50-47-44-40-35-32-29-26-23-20-17-14-11-8-5-2/h8-9,11-12,17-18,20-22,25-27,29-31,34-35,37-38,40,42,45,51,54,60,63,74H,4-7,10,13-16,19,23-24,28,32-33,36,39,41,43-44,46-50,52-53,55-59,61-62,64-73H2,1-3H3/b11-8-,12-9-,20-17-,21-18-,25-22-,29-26-,30-27-,34-31-,38-37-,40-35-,45-42-,54-51-,63-60-. The zero-order valence-corrected chi connectivity index (χ0v) is 53.7. The van der Waals surface area contributed by atoms with Crippen LogP contribution in [0.5, 0.6) is 0 Å². The fraction of sp³-hybridized carbons (Fsp3) is 0.623. The maximum absolute atomic E-state index is 13.0. The second kappa shape index (κ2) is 69.5. The van der Waals surface area contributed by atoms with Gasteiger partial charge in [0.05, 0.1) is 0 Å². The third-order valence-electron chi connectivity index (χ3n) is 14.0. The van der Waals surface area contributed by atoms with Crippen LogP contribution in [0.4, 0.5) is 0 Å². The quantitative estimate of drug-likeness (QED) is 0.0261. The lowest BCUT2D eigenvalue weighted by Gasteiger charge is -2.18. The molecule has 83 heavy (non-hydrogen) atoms. The molecular weight excluding hydrogens is 1020 g/mol. The maximum atomic E-state index is 13.0. The Morgan fingerprint density at radius 1 is 0.253 bits per heavy atom. The summed E-state index contributed by atoms with van der Waals surface area (Å²) in [6, 6.07) is 0. The first-order valence-electron chi connectivity index (χ1n) is 34.0. The van der Waals surface area contributed by atoms with Gasteiger partial charge in [-0.1, -0.05) is 294 Å². The molecule has 0 bridgehead atoms. The number of carbonyl (C=O) groups is 3. The van der Waals surface area contributed by atoms with E-state index in [4.69, 9.17) is 14.2 Å². The van der Waals surface area contributed by atoms with Crippen LogP contribution in [0.3, 0.4) is 0 Å². The van der Waals surface area contributed by atoms with Crippen molar-refractivity contribution in [2.45, 2.75) is 297 Å². The molecule has 0 saturated heterocycles. The van der Waals surface area contributed by atoms with Crippen molar-refractivity contribution < 1.29 is 28.6 Å². The number of ether oxygens (including phenoxy) is 3. The van der Waals surface area contributed by atoms with Crippen LogP contribution in [0.2, 0.25) is 0 Å². The van der Waals surface area contributed by atoms with Crippen LogP contribution in [0.15, 0.2) is 158 Å². The van der Waals surface area contributed by atoms with Crippen LogP contribution in [-0.4, -0.2) is 37.2 Å². The molecule has 1 atom stereocenters. The second-order valence-electron chi connectivity index (χ2n) is 22.0. The fourth-order valence-corrected chi connectivity index (χ4v) is 9.00. The Hall–Kier alpha value is -4.97. The molecule has 0 aliphatic heterocycles. The van der Waals surface area contributed by atoms with E-state index in [-0.39, 0.29) is 37.5 Å². The molecule has 0 aliphatic carbocycles. The molecule has 1 unspecified atom stereocenters. The molecule has 0 heterocycles. The molecule has 0 amide bonds. The van der Waals surface area contributed by atoms with Crippen molar-refractivity contribution in [3.8, 4) is 0 Å². The highest BCUT2D eigenvalue weighted by atomic mass is 16.6. The summed E-state index contributed by atoms with van der Waals surface area (Å²) < 4.78 is 16.9. The number of carbonyl (C=O) groups excluding carboxylic acids is 3. The van der Waals surface area contributed by atoms with E-state index < -0.39 is 6.10 Å². The summed E-state index contributed by atoms with van der Waals surface area (Å²) in [5, 5.41) is 0. The van der Waals surface area contributed by atoms with E-state index in [1.54, 1.807) is 0 Å². The monoisotopic (exact) mass is 1140 g/mol. The number of hydrogen-bond donors (Lipinski definition) is 0. The van der Waals surface area contributed by atoms with Gasteiger partial charge < -0.3 is 14.2 Å². The van der Waals surface area contributed by atoms with Gasteiger partial charge >= 0.3 is 17.9 Å². The molecule has 6 heteroatoms. The predicted octanol–water partition coefficient (Wildman–Crippen LogP) is 23.7. The summed E-state index contributed by atoms with van der Waals surface area (Å²) >= 11 is 0. The molecule has 0 N–H and O–H groups in total. The smallest absolute Gasteiger partial charge is 0.306 e. The summed E-state index contributed by atoms with van der Waals surface area (Å²) in [6.07, 6.45) is 101. The van der Waals surface area contributed by atoms with Crippen LogP contribution >= 0.6 is 0 Å². The maximum Gasteiger partial charge on any atom is 0.306 e. The third-order valence-corrected chi connectivity index (χ3v) is 14.0. The van der Waals surface area contributed by atoms with E-state index in [0.717, 1.165) is 122 Å². The molecule has 0 spiro atoms. The molecule has 0 aromatic heterocycles. The Morgan fingerprint density at radius 3 is 0.807 bits per heavy atom. The topological polar surface area (TPSA) is 78.9 Å². The van der Waals surface area contributed by atoms with Crippen molar-refractivity contribution in [2.75, 3.05) is 13.2 Å². The van der Waals surface area contributed by atoms with Crippen LogP contribution < -0.4 is 0 Å². The van der Waals surface area contributed by atoms with E-state index in [1.807, 2.05) is 6.08 Å². The summed E-state index contributed by atoms with van der Waals surface area (Å²) in [7, 11) is 0. The Kier molecular flexibility index (Phi) is 65.4. The zero-order valence-electron chi connectivity index (χ0n) is 53.7. The molecule has 0 fully saturated rings. The number of unbranched alkanes of at least 4 members (excludes halogenated alkanes) is 23. The van der Waals surface area contributed by atoms with Crippen LogP contribution in [0.25, 0.3) is 0 Å². The van der Waals surface area contributed by atoms with E-state index in [9.17, 15) is 14.4 Å². The highest BCUT2D eigenvalue weighted by Gasteiger charge is 2.19. The van der Waals surface area contributed by atoms with E-state index >= 15 is 0 Å². The van der Waals surface area contributed by atoms with Crippen molar-refractivity contribution in [3.05, 3.63) is 158 Å². The Morgan fingerprint density at radius 2 is 0.494 bits per heavy atom. The number of hydrogen-bond acceptors (Lipinski definition) is 6. The lowest BCUT2D eigenvalue weighted by Crippen LogP contribution is -2.30. The highest BCUT2D eigenvalue weighted by molar-refractivity contribution is 5.71. The lowest BCUT2D eigenvalue weighted by molar-refractivity contribution is -0.166. The second-order valence-corrected chi connectivity index (χ2v) is 22.0. The van der Waals surface area contributed by atoms with Gasteiger partial charge in [-0.25, -0.2) is 0 Å². The van der Waals surface area contributed by atoms with Gasteiger partial charge in [-0.3, -0.25) is 14.4 Å². The van der Waals surface area contributed by atoms with Crippen molar-refractivity contribution >= 4 is 17.9 Å². The van der Waals surface area contributed by atoms with Gasteiger partial charge in [-0.05, 0) is 135 Å². The molecule has 0 radical (unpaired) electrons. The minimum absolute atomic E-state index is 0.113. The average molecular weight is 1150 g/mol. The van der Waals surface area contributed by atoms with Crippen LogP contribution in [0, 0.1) is 0 Å². The van der Waals surface area contributed by atoms with Gasteiger partial charge in [-0.2, -0.15) is 0 Å². The molecule has 6 nitrogen and oxygen atoms in total. The van der Waals surface area contributed by atoms with Gasteiger partial charge in [0.25, 0.3) is 0 Å². The van der Waals surface area contributed by atoms with Crippen molar-refractivity contribution in [2.24, 2.45) is 0 Å². The summed E-state index contributed by atoms with van der Waals surface area (Å²) in [5.41, 5.74) is 0. The number of esters is 3. The first-order valence-corrected chi connectivity index (χ1v) is 34.0. The molecule has 0 aromatic carbocycles. The Labute approximate surface area is 511 Å². The molecule has 0 rings (SSSR count). The summed E-state index contributed by atoms with van der Waals surface area (Å²) in [4.78, 5) is 38.4. The van der Waals surface area contributed by atoms with E-state index in [2.05, 4.69) is 173 Å². The average Bonchev–Trinajstić information content (AvgIpc) is 3.49. The van der Waals surface area contributed by atoms with Crippen molar-refractivity contribution in [1.82, 2.24) is 0 Å². The van der Waals surface area contributed by atoms with Gasteiger partial charge in [0, 0.05) is 19.3 Å². The first kappa shape index (κ1) is 78.0. The molecule has 0 aliphatic rings. The molecular formula is C77H124O6. The van der Waals surface area contributed by atoms with Crippen LogP contribution in [0.1, 0.15) is 290 Å². The van der Waals surface area contributed by atoms with E-state index in [1.165, 1.54) is 122 Å². The molecule has 0 saturated carbocycles. The summed E-state index contributed by atoms with van der Waals surface area (Å²) in [5.74, 6) is -1.01. The minimum Gasteiger partial charge on any atom is -0.462 e. The van der Waals surface area contributed by atoms with Gasteiger partial charge in [0.1, 0.15) is 13.2 Å². The largest absolute Gasteiger partial charge is 0.462 e. The Bertz CT molecular complexity index is 1840. The zero-order chi connectivity index (χ0) is 59.9. The lowest BCUT2D eigenvalue weighted by atomic mass is 10.1. The van der Waals surface area contributed by atoms with Crippen molar-refractivity contribution in [1.29, 1.82) is 0 Å². The van der Waals surface area contributed by atoms with Crippen LogP contribution in [-0.2, 0) is 28.6 Å². The van der Waals surface area contributed by atoms with Gasteiger partial charge in [0.2, 0.25) is 0 Å². The summed E-state index contributed by atoms with van der Waals surface area (Å²) in [6.45, 7) is 6.34. The van der Waals surface area contributed by atoms with Gasteiger partial charge in [0.15, 0.2) is 6.10 Å². The predicted molar refractivity (Wildman–Crippen MR) is 362 cm³/mol. The normalized spacial score (nSPS) is 13.1. The third kappa shape index (κ3) is 67.7. The fourth-order valence-electron chi connectivity index (χ4n) is 9.00. The van der Waals surface area contributed by atoms with Crippen molar-refractivity contribution in [3.63, 3.8) is 0 Å². The molecule has 0 aromatic rings. The number of rotatable bonds is 60.